The number of hydrogen-bond acceptors (Lipinski definition) is 4. The van der Waals surface area contributed by atoms with Crippen molar-refractivity contribution in [3.8, 4) is 0 Å². The average molecular weight is 332 g/mol. The summed E-state index contributed by atoms with van der Waals surface area (Å²) >= 11 is 0. The van der Waals surface area contributed by atoms with E-state index >= 15 is 0 Å². The fourth-order valence-corrected chi connectivity index (χ4v) is 1.66. The van der Waals surface area contributed by atoms with E-state index in [1.54, 1.807) is 7.05 Å². The van der Waals surface area contributed by atoms with Gasteiger partial charge in [-0.25, -0.2) is 9.97 Å². The first kappa shape index (κ1) is 19.0. The molecule has 0 aliphatic heterocycles. The molecule has 1 aromatic heterocycles. The number of nitrogens with one attached hydrogen (secondary N) is 3. The van der Waals surface area contributed by atoms with E-state index in [1.807, 2.05) is 0 Å². The van der Waals surface area contributed by atoms with E-state index in [0.29, 0.717) is 25.0 Å². The Labute approximate surface area is 134 Å². The van der Waals surface area contributed by atoms with Crippen molar-refractivity contribution in [1.82, 2.24) is 20.6 Å². The number of aliphatic imine (C=N–C) groups is 1. The van der Waals surface area contributed by atoms with Crippen molar-refractivity contribution in [2.75, 3.05) is 32.0 Å². The van der Waals surface area contributed by atoms with Crippen LogP contribution in [0.25, 0.3) is 0 Å². The van der Waals surface area contributed by atoms with Crippen LogP contribution in [0.1, 0.15) is 26.0 Å². The summed E-state index contributed by atoms with van der Waals surface area (Å²) in [6.45, 7) is 5.92. The molecule has 9 heteroatoms. The number of guanidine groups is 1. The summed E-state index contributed by atoms with van der Waals surface area (Å²) in [5, 5.41) is 8.96. The highest BCUT2D eigenvalue weighted by Gasteiger charge is 2.32. The smallest absolute Gasteiger partial charge is 0.356 e. The van der Waals surface area contributed by atoms with Crippen molar-refractivity contribution >= 4 is 11.9 Å². The normalized spacial score (nSPS) is 12.4. The molecule has 23 heavy (non-hydrogen) atoms. The van der Waals surface area contributed by atoms with E-state index in [1.165, 1.54) is 0 Å². The number of rotatable bonds is 7. The number of halogens is 3. The van der Waals surface area contributed by atoms with Gasteiger partial charge in [0, 0.05) is 32.9 Å². The van der Waals surface area contributed by atoms with Crippen molar-refractivity contribution in [3.05, 3.63) is 18.0 Å². The summed E-state index contributed by atoms with van der Waals surface area (Å²) in [6, 6.07) is 0.837. The molecule has 0 aliphatic rings. The molecule has 1 aromatic rings. The van der Waals surface area contributed by atoms with Crippen LogP contribution in [0, 0.1) is 5.92 Å². The number of nitrogens with zero attached hydrogens (tertiary/aromatic N) is 3. The molecule has 0 radical (unpaired) electrons. The van der Waals surface area contributed by atoms with Crippen LogP contribution in [0.2, 0.25) is 0 Å². The number of anilines is 1. The first-order valence-corrected chi connectivity index (χ1v) is 7.41. The van der Waals surface area contributed by atoms with Gasteiger partial charge in [0.25, 0.3) is 0 Å². The van der Waals surface area contributed by atoms with E-state index in [4.69, 9.17) is 0 Å². The molecule has 6 nitrogen and oxygen atoms in total. The molecule has 1 rings (SSSR count). The predicted octanol–water partition coefficient (Wildman–Crippen LogP) is 2.12. The van der Waals surface area contributed by atoms with E-state index < -0.39 is 11.9 Å². The van der Waals surface area contributed by atoms with Crippen LogP contribution in [-0.4, -0.2) is 42.6 Å². The van der Waals surface area contributed by atoms with Gasteiger partial charge in [-0.05, 0) is 18.4 Å². The minimum atomic E-state index is -4.47. The molecule has 0 atom stereocenters. The molecule has 130 valence electrons. The summed E-state index contributed by atoms with van der Waals surface area (Å²) in [5.41, 5.74) is -0.964. The van der Waals surface area contributed by atoms with Gasteiger partial charge in [0.05, 0.1) is 0 Å². The van der Waals surface area contributed by atoms with Crippen molar-refractivity contribution in [2.45, 2.75) is 26.4 Å². The van der Waals surface area contributed by atoms with Gasteiger partial charge in [-0.3, -0.25) is 4.99 Å². The largest absolute Gasteiger partial charge is 0.433 e. The van der Waals surface area contributed by atoms with Crippen LogP contribution in [0.3, 0.4) is 0 Å². The van der Waals surface area contributed by atoms with Crippen molar-refractivity contribution in [2.24, 2.45) is 10.9 Å². The van der Waals surface area contributed by atoms with Crippen molar-refractivity contribution in [1.29, 1.82) is 0 Å². The average Bonchev–Trinajstić information content (AvgIpc) is 2.48. The summed E-state index contributed by atoms with van der Waals surface area (Å²) < 4.78 is 37.6. The zero-order valence-electron chi connectivity index (χ0n) is 13.5. The second-order valence-corrected chi connectivity index (χ2v) is 5.30. The van der Waals surface area contributed by atoms with Gasteiger partial charge in [0.15, 0.2) is 5.96 Å². The van der Waals surface area contributed by atoms with E-state index in [9.17, 15) is 13.2 Å². The van der Waals surface area contributed by atoms with Gasteiger partial charge in [-0.2, -0.15) is 13.2 Å². The Bertz CT molecular complexity index is 502. The topological polar surface area (TPSA) is 74.2 Å². The maximum absolute atomic E-state index is 12.5. The quantitative estimate of drug-likeness (QED) is 0.405. The van der Waals surface area contributed by atoms with Crippen LogP contribution >= 0.6 is 0 Å². The van der Waals surface area contributed by atoms with Crippen LogP contribution in [0.4, 0.5) is 19.1 Å². The van der Waals surface area contributed by atoms with Gasteiger partial charge in [0.1, 0.15) is 5.69 Å². The van der Waals surface area contributed by atoms with Gasteiger partial charge in [-0.15, -0.1) is 0 Å². The van der Waals surface area contributed by atoms with Crippen LogP contribution in [-0.2, 0) is 6.18 Å². The number of alkyl halides is 3. The second-order valence-electron chi connectivity index (χ2n) is 5.30. The molecule has 0 bridgehead atoms. The SMILES string of the molecule is CN=C(NCCNc1nccc(C(F)(F)F)n1)NCCC(C)C. The van der Waals surface area contributed by atoms with Gasteiger partial charge in [0.2, 0.25) is 5.95 Å². The van der Waals surface area contributed by atoms with Crippen LogP contribution in [0.15, 0.2) is 17.3 Å². The lowest BCUT2D eigenvalue weighted by Crippen LogP contribution is -2.40. The van der Waals surface area contributed by atoms with E-state index in [0.717, 1.165) is 25.2 Å². The Morgan fingerprint density at radius 1 is 1.22 bits per heavy atom. The zero-order valence-corrected chi connectivity index (χ0v) is 13.5. The first-order chi connectivity index (χ1) is 10.8. The molecular formula is C14H23F3N6. The Kier molecular flexibility index (Phi) is 7.56. The van der Waals surface area contributed by atoms with E-state index in [-0.39, 0.29) is 5.95 Å². The Morgan fingerprint density at radius 3 is 2.52 bits per heavy atom. The molecule has 0 fully saturated rings. The third kappa shape index (κ3) is 7.66. The summed E-state index contributed by atoms with van der Waals surface area (Å²) in [6.07, 6.45) is -2.37. The highest BCUT2D eigenvalue weighted by atomic mass is 19.4. The Hall–Kier alpha value is -2.06. The van der Waals surface area contributed by atoms with Gasteiger partial charge >= 0.3 is 6.18 Å². The Balaban J connectivity index is 2.34. The highest BCUT2D eigenvalue weighted by Crippen LogP contribution is 2.27. The third-order valence-electron chi connectivity index (χ3n) is 2.88. The molecule has 0 amide bonds. The molecule has 0 saturated carbocycles. The predicted molar refractivity (Wildman–Crippen MR) is 84.3 cm³/mol. The van der Waals surface area contributed by atoms with Gasteiger partial charge < -0.3 is 16.0 Å². The van der Waals surface area contributed by atoms with Crippen LogP contribution < -0.4 is 16.0 Å². The third-order valence-corrected chi connectivity index (χ3v) is 2.88. The van der Waals surface area contributed by atoms with Crippen molar-refractivity contribution < 1.29 is 13.2 Å². The minimum absolute atomic E-state index is 0.0515. The molecular weight excluding hydrogens is 309 g/mol. The number of hydrogen-bond donors (Lipinski definition) is 3. The maximum atomic E-state index is 12.5. The van der Waals surface area contributed by atoms with Crippen LogP contribution in [0.5, 0.6) is 0 Å². The lowest BCUT2D eigenvalue weighted by Gasteiger charge is -2.13. The highest BCUT2D eigenvalue weighted by molar-refractivity contribution is 5.79. The fraction of sp³-hybridized carbons (Fsp3) is 0.643. The Morgan fingerprint density at radius 2 is 1.91 bits per heavy atom. The lowest BCUT2D eigenvalue weighted by molar-refractivity contribution is -0.141. The molecule has 0 aliphatic carbocycles. The number of aromatic nitrogens is 2. The molecule has 1 heterocycles. The monoisotopic (exact) mass is 332 g/mol. The molecule has 0 saturated heterocycles. The fourth-order valence-electron chi connectivity index (χ4n) is 1.66. The van der Waals surface area contributed by atoms with E-state index in [2.05, 4.69) is 44.8 Å². The molecule has 3 N–H and O–H groups in total. The summed E-state index contributed by atoms with van der Waals surface area (Å²) in [5.74, 6) is 1.20. The summed E-state index contributed by atoms with van der Waals surface area (Å²) in [4.78, 5) is 11.3. The standard InChI is InChI=1S/C14H23F3N6/c1-10(2)4-6-19-12(18-3)21-8-9-22-13-20-7-5-11(23-13)14(15,16)17/h5,7,10H,4,6,8-9H2,1-3H3,(H2,18,19,21)(H,20,22,23). The zero-order chi connectivity index (χ0) is 17.3. The minimum Gasteiger partial charge on any atom is -0.356 e. The summed E-state index contributed by atoms with van der Waals surface area (Å²) in [7, 11) is 1.66. The maximum Gasteiger partial charge on any atom is 0.433 e. The molecule has 0 spiro atoms. The molecule has 0 unspecified atom stereocenters. The van der Waals surface area contributed by atoms with Gasteiger partial charge in [-0.1, -0.05) is 13.8 Å². The molecule has 0 aromatic carbocycles. The lowest BCUT2D eigenvalue weighted by atomic mass is 10.1. The van der Waals surface area contributed by atoms with Crippen molar-refractivity contribution in [3.63, 3.8) is 0 Å². The first-order valence-electron chi connectivity index (χ1n) is 7.41. The second kappa shape index (κ2) is 9.16.